The van der Waals surface area contributed by atoms with Gasteiger partial charge < -0.3 is 25.7 Å². The zero-order valence-electron chi connectivity index (χ0n) is 12.4. The van der Waals surface area contributed by atoms with Crippen molar-refractivity contribution in [2.75, 3.05) is 37.8 Å². The Morgan fingerprint density at radius 1 is 1.32 bits per heavy atom. The van der Waals surface area contributed by atoms with Crippen LogP contribution in [-0.4, -0.2) is 70.2 Å². The Kier molecular flexibility index (Phi) is 6.26. The molecule has 0 unspecified atom stereocenters. The molecule has 22 heavy (non-hydrogen) atoms. The van der Waals surface area contributed by atoms with Gasteiger partial charge in [0.25, 0.3) is 0 Å². The zero-order chi connectivity index (χ0) is 16.7. The van der Waals surface area contributed by atoms with Crippen molar-refractivity contribution >= 4 is 23.7 Å². The summed E-state index contributed by atoms with van der Waals surface area (Å²) in [6, 6.07) is 2.52. The molecule has 4 N–H and O–H groups in total. The minimum Gasteiger partial charge on any atom is -0.478 e. The van der Waals surface area contributed by atoms with E-state index in [0.717, 1.165) is 18.9 Å². The maximum Gasteiger partial charge on any atom is 0.328 e. The van der Waals surface area contributed by atoms with Crippen molar-refractivity contribution < 1.29 is 19.8 Å². The Labute approximate surface area is 127 Å². The zero-order valence-corrected chi connectivity index (χ0v) is 12.4. The van der Waals surface area contributed by atoms with Crippen molar-refractivity contribution in [3.8, 4) is 0 Å². The van der Waals surface area contributed by atoms with E-state index in [0.29, 0.717) is 24.1 Å². The van der Waals surface area contributed by atoms with E-state index in [1.165, 1.54) is 0 Å². The fraction of sp³-hybridized carbons (Fsp3) is 0.385. The maximum atomic E-state index is 9.55. The molecule has 1 aliphatic rings. The van der Waals surface area contributed by atoms with Crippen molar-refractivity contribution in [1.29, 1.82) is 0 Å². The summed E-state index contributed by atoms with van der Waals surface area (Å²) in [4.78, 5) is 31.6. The number of nitrogens with zero attached hydrogens (tertiary/aromatic N) is 4. The molecule has 1 saturated heterocycles. The summed E-state index contributed by atoms with van der Waals surface area (Å²) >= 11 is 0. The first-order valence-electron chi connectivity index (χ1n) is 6.43. The summed E-state index contributed by atoms with van der Waals surface area (Å²) < 4.78 is 0. The van der Waals surface area contributed by atoms with Gasteiger partial charge in [-0.1, -0.05) is 0 Å². The highest BCUT2D eigenvalue weighted by atomic mass is 16.4. The topological polar surface area (TPSA) is 133 Å². The Morgan fingerprint density at radius 3 is 2.27 bits per heavy atom. The number of hydrogen-bond donors (Lipinski definition) is 3. The fourth-order valence-corrected chi connectivity index (χ4v) is 1.65. The number of nitrogens with two attached hydrogens (primary N) is 1. The second kappa shape index (κ2) is 7.93. The highest BCUT2D eigenvalue weighted by Gasteiger charge is 2.29. The van der Waals surface area contributed by atoms with Crippen LogP contribution in [0.3, 0.4) is 0 Å². The first kappa shape index (κ1) is 17.4. The van der Waals surface area contributed by atoms with Gasteiger partial charge in [0.15, 0.2) is 0 Å². The summed E-state index contributed by atoms with van der Waals surface area (Å²) in [6.07, 6.45) is 2.81. The van der Waals surface area contributed by atoms with Gasteiger partial charge in [0, 0.05) is 37.5 Å². The smallest absolute Gasteiger partial charge is 0.328 e. The maximum absolute atomic E-state index is 9.55. The first-order valence-corrected chi connectivity index (χ1v) is 6.43. The minimum atomic E-state index is -1.26. The van der Waals surface area contributed by atoms with Gasteiger partial charge >= 0.3 is 11.9 Å². The van der Waals surface area contributed by atoms with E-state index in [1.54, 1.807) is 6.20 Å². The molecule has 2 rings (SSSR count). The third-order valence-corrected chi connectivity index (χ3v) is 2.94. The largest absolute Gasteiger partial charge is 0.478 e. The Morgan fingerprint density at radius 2 is 1.86 bits per heavy atom. The second-order valence-electron chi connectivity index (χ2n) is 4.81. The van der Waals surface area contributed by atoms with Gasteiger partial charge in [-0.25, -0.2) is 14.6 Å². The molecule has 1 aliphatic heterocycles. The standard InChI is InChI=1S/C9H15N5.C4H4O4/c1-13(2)7-5-14(6-7)8-3-4-11-9(10)12-8;5-3(6)1-2-4(7)8/h3-4,7H,5-6H2,1-2H3,(H2,10,11,12);1-2H,(H,5,6)(H,7,8)/b;2-1+. The molecule has 9 heteroatoms. The van der Waals surface area contributed by atoms with E-state index in [1.807, 2.05) is 6.07 Å². The lowest BCUT2D eigenvalue weighted by atomic mass is 10.1. The van der Waals surface area contributed by atoms with Crippen molar-refractivity contribution in [3.63, 3.8) is 0 Å². The predicted molar refractivity (Wildman–Crippen MR) is 80.5 cm³/mol. The molecular formula is C13H19N5O4. The first-order chi connectivity index (χ1) is 10.3. The van der Waals surface area contributed by atoms with Crippen LogP contribution in [0.15, 0.2) is 24.4 Å². The van der Waals surface area contributed by atoms with Gasteiger partial charge in [0.05, 0.1) is 0 Å². The van der Waals surface area contributed by atoms with Crippen LogP contribution in [0.1, 0.15) is 0 Å². The highest BCUT2D eigenvalue weighted by Crippen LogP contribution is 2.20. The van der Waals surface area contributed by atoms with Gasteiger partial charge in [-0.3, -0.25) is 0 Å². The van der Waals surface area contributed by atoms with Crippen LogP contribution in [0.5, 0.6) is 0 Å². The molecular weight excluding hydrogens is 290 g/mol. The third-order valence-electron chi connectivity index (χ3n) is 2.94. The molecule has 9 nitrogen and oxygen atoms in total. The Balaban J connectivity index is 0.000000261. The molecule has 1 aromatic heterocycles. The van der Waals surface area contributed by atoms with Gasteiger partial charge in [-0.15, -0.1) is 0 Å². The van der Waals surface area contributed by atoms with E-state index >= 15 is 0 Å². The number of nitrogen functional groups attached to an aromatic ring is 1. The van der Waals surface area contributed by atoms with Crippen molar-refractivity contribution in [1.82, 2.24) is 14.9 Å². The predicted octanol–water partition coefficient (Wildman–Crippen LogP) is -0.479. The van der Waals surface area contributed by atoms with E-state index in [-0.39, 0.29) is 0 Å². The molecule has 0 amide bonds. The van der Waals surface area contributed by atoms with Crippen LogP contribution in [0.2, 0.25) is 0 Å². The normalized spacial score (nSPS) is 14.4. The molecule has 0 aliphatic carbocycles. The lowest BCUT2D eigenvalue weighted by Gasteiger charge is -2.43. The number of aliphatic carboxylic acids is 2. The average Bonchev–Trinajstić information content (AvgIpc) is 2.35. The summed E-state index contributed by atoms with van der Waals surface area (Å²) in [6.45, 7) is 2.03. The number of carboxylic acid groups (broad SMARTS) is 2. The monoisotopic (exact) mass is 309 g/mol. The lowest BCUT2D eigenvalue weighted by molar-refractivity contribution is -0.134. The van der Waals surface area contributed by atoms with Crippen LogP contribution in [0.25, 0.3) is 0 Å². The molecule has 0 bridgehead atoms. The van der Waals surface area contributed by atoms with Gasteiger partial charge in [0.1, 0.15) is 5.82 Å². The number of anilines is 2. The molecule has 1 aromatic rings. The summed E-state index contributed by atoms with van der Waals surface area (Å²) in [5.41, 5.74) is 5.51. The SMILES string of the molecule is CN(C)C1CN(c2ccnc(N)n2)C1.O=C(O)/C=C/C(=O)O. The van der Waals surface area contributed by atoms with E-state index in [2.05, 4.69) is 33.9 Å². The Bertz CT molecular complexity index is 539. The van der Waals surface area contributed by atoms with Crippen LogP contribution < -0.4 is 10.6 Å². The second-order valence-corrected chi connectivity index (χ2v) is 4.81. The van der Waals surface area contributed by atoms with Crippen LogP contribution in [-0.2, 0) is 9.59 Å². The van der Waals surface area contributed by atoms with Crippen molar-refractivity contribution in [3.05, 3.63) is 24.4 Å². The molecule has 0 atom stereocenters. The lowest BCUT2D eigenvalue weighted by Crippen LogP contribution is -2.57. The molecule has 120 valence electrons. The number of likely N-dealkylation sites (N-methyl/N-ethyl adjacent to an activating group) is 1. The molecule has 0 aromatic carbocycles. The molecule has 0 spiro atoms. The van der Waals surface area contributed by atoms with Crippen LogP contribution >= 0.6 is 0 Å². The Hall–Kier alpha value is -2.68. The minimum absolute atomic E-state index is 0.343. The summed E-state index contributed by atoms with van der Waals surface area (Å²) in [5.74, 6) is -1.24. The fourth-order valence-electron chi connectivity index (χ4n) is 1.65. The quantitative estimate of drug-likeness (QED) is 0.630. The number of carboxylic acids is 2. The van der Waals surface area contributed by atoms with Crippen LogP contribution in [0.4, 0.5) is 11.8 Å². The van der Waals surface area contributed by atoms with E-state index in [4.69, 9.17) is 15.9 Å². The third kappa shape index (κ3) is 5.75. The van der Waals surface area contributed by atoms with E-state index in [9.17, 15) is 9.59 Å². The van der Waals surface area contributed by atoms with Gasteiger partial charge in [-0.05, 0) is 20.2 Å². The number of aromatic nitrogens is 2. The van der Waals surface area contributed by atoms with Crippen molar-refractivity contribution in [2.45, 2.75) is 6.04 Å². The van der Waals surface area contributed by atoms with Gasteiger partial charge in [0.2, 0.25) is 5.95 Å². The number of carbonyl (C=O) groups is 2. The average molecular weight is 309 g/mol. The highest BCUT2D eigenvalue weighted by molar-refractivity contribution is 5.89. The van der Waals surface area contributed by atoms with Gasteiger partial charge in [-0.2, -0.15) is 4.98 Å². The molecule has 0 saturated carbocycles. The van der Waals surface area contributed by atoms with E-state index < -0.39 is 11.9 Å². The van der Waals surface area contributed by atoms with Crippen molar-refractivity contribution in [2.24, 2.45) is 0 Å². The summed E-state index contributed by atoms with van der Waals surface area (Å²) in [7, 11) is 4.19. The van der Waals surface area contributed by atoms with Crippen LogP contribution in [0, 0.1) is 0 Å². The summed E-state index contributed by atoms with van der Waals surface area (Å²) in [5, 5.41) is 15.6. The molecule has 1 fully saturated rings. The number of rotatable bonds is 4. The molecule has 2 heterocycles. The molecule has 0 radical (unpaired) electrons. The number of hydrogen-bond acceptors (Lipinski definition) is 7.